The first-order chi connectivity index (χ1) is 12.3. The van der Waals surface area contributed by atoms with E-state index in [1.54, 1.807) is 31.9 Å². The van der Waals surface area contributed by atoms with E-state index in [4.69, 9.17) is 9.47 Å². The molecule has 2 heterocycles. The quantitative estimate of drug-likeness (QED) is 0.518. The van der Waals surface area contributed by atoms with Crippen molar-refractivity contribution < 1.29 is 9.47 Å². The molecule has 25 heavy (non-hydrogen) atoms. The molecule has 0 bridgehead atoms. The molecule has 5 heteroatoms. The number of rotatable bonds is 4. The summed E-state index contributed by atoms with van der Waals surface area (Å²) in [6.07, 6.45) is 1.62. The van der Waals surface area contributed by atoms with Crippen LogP contribution in [0.1, 0.15) is 0 Å². The van der Waals surface area contributed by atoms with Gasteiger partial charge in [0.25, 0.3) is 0 Å². The average molecular weight is 348 g/mol. The lowest BCUT2D eigenvalue weighted by Crippen LogP contribution is -1.92. The third kappa shape index (κ3) is 2.83. The Kier molecular flexibility index (Phi) is 4.07. The SMILES string of the molecule is COc1ccc(-c2ccc3ncnc(-c4ccsc4)c3c2)cc1OC. The highest BCUT2D eigenvalue weighted by molar-refractivity contribution is 7.08. The van der Waals surface area contributed by atoms with Crippen molar-refractivity contribution in [2.75, 3.05) is 14.2 Å². The van der Waals surface area contributed by atoms with Gasteiger partial charge in [-0.3, -0.25) is 0 Å². The molecule has 0 radical (unpaired) electrons. The number of methoxy groups -OCH3 is 2. The molecule has 0 N–H and O–H groups in total. The van der Waals surface area contributed by atoms with Crippen molar-refractivity contribution in [1.29, 1.82) is 0 Å². The summed E-state index contributed by atoms with van der Waals surface area (Å²) in [7, 11) is 3.28. The molecule has 0 atom stereocenters. The molecule has 2 aromatic carbocycles. The molecular formula is C20H16N2O2S. The van der Waals surface area contributed by atoms with Gasteiger partial charge in [0.1, 0.15) is 6.33 Å². The van der Waals surface area contributed by atoms with Gasteiger partial charge in [-0.25, -0.2) is 9.97 Å². The number of nitrogens with zero attached hydrogens (tertiary/aromatic N) is 2. The van der Waals surface area contributed by atoms with Crippen molar-refractivity contribution in [3.63, 3.8) is 0 Å². The third-order valence-corrected chi connectivity index (χ3v) is 4.83. The lowest BCUT2D eigenvalue weighted by Gasteiger charge is -2.11. The van der Waals surface area contributed by atoms with Crippen LogP contribution < -0.4 is 9.47 Å². The Hall–Kier alpha value is -2.92. The molecule has 2 aromatic heterocycles. The Morgan fingerprint density at radius 3 is 2.36 bits per heavy atom. The summed E-state index contributed by atoms with van der Waals surface area (Å²) < 4.78 is 10.7. The predicted octanol–water partition coefficient (Wildman–Crippen LogP) is 5.04. The minimum absolute atomic E-state index is 0.711. The van der Waals surface area contributed by atoms with Crippen molar-refractivity contribution in [3.05, 3.63) is 59.6 Å². The number of aromatic nitrogens is 2. The van der Waals surface area contributed by atoms with Crippen molar-refractivity contribution in [3.8, 4) is 33.9 Å². The minimum atomic E-state index is 0.711. The van der Waals surface area contributed by atoms with Crippen LogP contribution in [0.2, 0.25) is 0 Å². The summed E-state index contributed by atoms with van der Waals surface area (Å²) in [5.41, 5.74) is 5.13. The van der Waals surface area contributed by atoms with E-state index in [1.807, 2.05) is 24.3 Å². The molecule has 0 saturated carbocycles. The lowest BCUT2D eigenvalue weighted by molar-refractivity contribution is 0.355. The monoisotopic (exact) mass is 348 g/mol. The summed E-state index contributed by atoms with van der Waals surface area (Å²) in [6.45, 7) is 0. The maximum Gasteiger partial charge on any atom is 0.161 e. The second-order valence-corrected chi connectivity index (χ2v) is 6.32. The van der Waals surface area contributed by atoms with Crippen molar-refractivity contribution in [2.24, 2.45) is 0 Å². The molecule has 124 valence electrons. The normalized spacial score (nSPS) is 10.8. The largest absolute Gasteiger partial charge is 0.493 e. The fraction of sp³-hybridized carbons (Fsp3) is 0.100. The van der Waals surface area contributed by atoms with Crippen LogP contribution in [0, 0.1) is 0 Å². The molecule has 0 aliphatic heterocycles. The lowest BCUT2D eigenvalue weighted by atomic mass is 10.0. The zero-order valence-electron chi connectivity index (χ0n) is 13.9. The zero-order chi connectivity index (χ0) is 17.2. The second-order valence-electron chi connectivity index (χ2n) is 5.54. The first-order valence-electron chi connectivity index (χ1n) is 7.80. The van der Waals surface area contributed by atoms with Crippen molar-refractivity contribution >= 4 is 22.2 Å². The Morgan fingerprint density at radius 1 is 0.800 bits per heavy atom. The average Bonchev–Trinajstić information content (AvgIpc) is 3.21. The summed E-state index contributed by atoms with van der Waals surface area (Å²) in [5, 5.41) is 5.19. The standard InChI is InChI=1S/C20H16N2O2S/c1-23-18-6-4-14(10-19(18)24-2)13-3-5-17-16(9-13)20(22-12-21-17)15-7-8-25-11-15/h3-12H,1-2H3. The fourth-order valence-corrected chi connectivity index (χ4v) is 3.52. The first kappa shape index (κ1) is 15.6. The molecule has 0 aliphatic rings. The van der Waals surface area contributed by atoms with Crippen LogP contribution in [-0.4, -0.2) is 24.2 Å². The summed E-state index contributed by atoms with van der Waals surface area (Å²) in [5.74, 6) is 1.43. The fourth-order valence-electron chi connectivity index (χ4n) is 2.88. The van der Waals surface area contributed by atoms with E-state index < -0.39 is 0 Å². The van der Waals surface area contributed by atoms with Crippen molar-refractivity contribution in [2.45, 2.75) is 0 Å². The Balaban J connectivity index is 1.88. The summed E-state index contributed by atoms with van der Waals surface area (Å²) in [6, 6.07) is 14.2. The first-order valence-corrected chi connectivity index (χ1v) is 8.74. The molecule has 4 aromatic rings. The van der Waals surface area contributed by atoms with E-state index >= 15 is 0 Å². The van der Waals surface area contributed by atoms with Gasteiger partial charge in [0.05, 0.1) is 25.4 Å². The molecule has 0 amide bonds. The van der Waals surface area contributed by atoms with Crippen LogP contribution in [0.5, 0.6) is 11.5 Å². The second kappa shape index (κ2) is 6.53. The van der Waals surface area contributed by atoms with Gasteiger partial charge >= 0.3 is 0 Å². The summed E-state index contributed by atoms with van der Waals surface area (Å²) >= 11 is 1.66. The van der Waals surface area contributed by atoms with E-state index in [0.717, 1.165) is 33.3 Å². The van der Waals surface area contributed by atoms with Gasteiger partial charge in [-0.2, -0.15) is 11.3 Å². The molecule has 0 saturated heterocycles. The van der Waals surface area contributed by atoms with Crippen LogP contribution in [0.4, 0.5) is 0 Å². The smallest absolute Gasteiger partial charge is 0.161 e. The highest BCUT2D eigenvalue weighted by Gasteiger charge is 2.10. The van der Waals surface area contributed by atoms with E-state index in [2.05, 4.69) is 38.9 Å². The number of hydrogen-bond acceptors (Lipinski definition) is 5. The van der Waals surface area contributed by atoms with Gasteiger partial charge in [0.2, 0.25) is 0 Å². The van der Waals surface area contributed by atoms with Gasteiger partial charge in [-0.15, -0.1) is 0 Å². The number of fused-ring (bicyclic) bond motifs is 1. The number of benzene rings is 2. The summed E-state index contributed by atoms with van der Waals surface area (Å²) in [4.78, 5) is 8.89. The number of ether oxygens (including phenoxy) is 2. The van der Waals surface area contributed by atoms with Gasteiger partial charge in [0.15, 0.2) is 11.5 Å². The van der Waals surface area contributed by atoms with Crippen LogP contribution in [0.25, 0.3) is 33.3 Å². The maximum absolute atomic E-state index is 5.42. The molecule has 0 aliphatic carbocycles. The zero-order valence-corrected chi connectivity index (χ0v) is 14.7. The molecule has 4 nitrogen and oxygen atoms in total. The highest BCUT2D eigenvalue weighted by Crippen LogP contribution is 2.35. The van der Waals surface area contributed by atoms with Gasteiger partial charge in [-0.05, 0) is 46.8 Å². The van der Waals surface area contributed by atoms with Crippen molar-refractivity contribution in [1.82, 2.24) is 9.97 Å². The topological polar surface area (TPSA) is 44.2 Å². The Morgan fingerprint density at radius 2 is 1.60 bits per heavy atom. The maximum atomic E-state index is 5.42. The van der Waals surface area contributed by atoms with E-state index in [0.29, 0.717) is 11.5 Å². The minimum Gasteiger partial charge on any atom is -0.493 e. The molecule has 0 fully saturated rings. The molecule has 0 spiro atoms. The van der Waals surface area contributed by atoms with Crippen LogP contribution >= 0.6 is 11.3 Å². The van der Waals surface area contributed by atoms with E-state index in [-0.39, 0.29) is 0 Å². The Bertz CT molecular complexity index is 1030. The van der Waals surface area contributed by atoms with E-state index in [1.165, 1.54) is 0 Å². The number of hydrogen-bond donors (Lipinski definition) is 0. The molecule has 4 rings (SSSR count). The van der Waals surface area contributed by atoms with Crippen LogP contribution in [0.3, 0.4) is 0 Å². The Labute approximate surface area is 149 Å². The molecular weight excluding hydrogens is 332 g/mol. The van der Waals surface area contributed by atoms with Crippen LogP contribution in [0.15, 0.2) is 59.6 Å². The van der Waals surface area contributed by atoms with E-state index in [9.17, 15) is 0 Å². The van der Waals surface area contributed by atoms with Crippen LogP contribution in [-0.2, 0) is 0 Å². The highest BCUT2D eigenvalue weighted by atomic mass is 32.1. The van der Waals surface area contributed by atoms with Gasteiger partial charge in [0, 0.05) is 16.3 Å². The number of thiophene rings is 1. The van der Waals surface area contributed by atoms with Gasteiger partial charge < -0.3 is 9.47 Å². The molecule has 0 unspecified atom stereocenters. The predicted molar refractivity (Wildman–Crippen MR) is 101 cm³/mol. The van der Waals surface area contributed by atoms with Gasteiger partial charge in [-0.1, -0.05) is 12.1 Å². The third-order valence-electron chi connectivity index (χ3n) is 4.15.